The summed E-state index contributed by atoms with van der Waals surface area (Å²) in [4.78, 5) is 0. The summed E-state index contributed by atoms with van der Waals surface area (Å²) < 4.78 is 3.44. The van der Waals surface area contributed by atoms with Gasteiger partial charge in [0, 0.05) is 20.3 Å². The van der Waals surface area contributed by atoms with E-state index in [1.165, 1.54) is 0 Å². The van der Waals surface area contributed by atoms with Crippen molar-refractivity contribution in [1.82, 2.24) is 30.2 Å². The second kappa shape index (κ2) is 3.79. The summed E-state index contributed by atoms with van der Waals surface area (Å²) in [5.74, 6) is 5.53. The van der Waals surface area contributed by atoms with E-state index in [1.54, 1.807) is 21.8 Å². The average Bonchev–Trinajstić information content (AvgIpc) is 2.80. The van der Waals surface area contributed by atoms with E-state index in [1.807, 2.05) is 20.2 Å². The first-order valence-electron chi connectivity index (χ1n) is 4.52. The van der Waals surface area contributed by atoms with Crippen LogP contribution in [0.1, 0.15) is 17.4 Å². The minimum absolute atomic E-state index is 0.155. The van der Waals surface area contributed by atoms with Crippen molar-refractivity contribution in [2.24, 2.45) is 19.9 Å². The first-order valence-corrected chi connectivity index (χ1v) is 4.52. The molecule has 0 fully saturated rings. The third-order valence-electron chi connectivity index (χ3n) is 2.37. The van der Waals surface area contributed by atoms with Crippen LogP contribution in [0.3, 0.4) is 0 Å². The molecule has 0 saturated heterocycles. The highest BCUT2D eigenvalue weighted by Crippen LogP contribution is 2.18. The number of hydrogen-bond acceptors (Lipinski definition) is 5. The second-order valence-electron chi connectivity index (χ2n) is 3.26. The molecule has 0 bridgehead atoms. The summed E-state index contributed by atoms with van der Waals surface area (Å²) in [6, 6.07) is 1.75. The van der Waals surface area contributed by atoms with Crippen LogP contribution < -0.4 is 11.3 Å². The third-order valence-corrected chi connectivity index (χ3v) is 2.37. The molecule has 0 saturated carbocycles. The molecule has 0 amide bonds. The highest BCUT2D eigenvalue weighted by Gasteiger charge is 2.19. The van der Waals surface area contributed by atoms with Crippen molar-refractivity contribution >= 4 is 0 Å². The van der Waals surface area contributed by atoms with Crippen molar-refractivity contribution in [1.29, 1.82) is 0 Å². The first-order chi connectivity index (χ1) is 7.24. The largest absolute Gasteiger partial charge is 0.271 e. The number of aryl methyl sites for hydroxylation is 2. The van der Waals surface area contributed by atoms with Gasteiger partial charge in [0.1, 0.15) is 6.04 Å². The van der Waals surface area contributed by atoms with E-state index in [-0.39, 0.29) is 6.04 Å². The molecule has 7 nitrogen and oxygen atoms in total. The molecule has 0 radical (unpaired) electrons. The van der Waals surface area contributed by atoms with E-state index in [4.69, 9.17) is 5.84 Å². The zero-order valence-corrected chi connectivity index (χ0v) is 8.62. The fourth-order valence-electron chi connectivity index (χ4n) is 1.55. The van der Waals surface area contributed by atoms with E-state index in [9.17, 15) is 0 Å². The predicted octanol–water partition coefficient (Wildman–Crippen LogP) is -0.899. The molecule has 2 aromatic rings. The van der Waals surface area contributed by atoms with Crippen LogP contribution >= 0.6 is 0 Å². The number of nitrogens with zero attached hydrogens (tertiary/aromatic N) is 5. The maximum atomic E-state index is 5.53. The Hall–Kier alpha value is -1.73. The minimum atomic E-state index is -0.155. The molecule has 0 aliphatic carbocycles. The lowest BCUT2D eigenvalue weighted by atomic mass is 10.1. The molecule has 3 N–H and O–H groups in total. The fourth-order valence-corrected chi connectivity index (χ4v) is 1.55. The second-order valence-corrected chi connectivity index (χ2v) is 3.26. The topological polar surface area (TPSA) is 86.6 Å². The van der Waals surface area contributed by atoms with Crippen LogP contribution in [-0.4, -0.2) is 24.8 Å². The van der Waals surface area contributed by atoms with Crippen LogP contribution in [0.5, 0.6) is 0 Å². The van der Waals surface area contributed by atoms with Crippen molar-refractivity contribution in [3.63, 3.8) is 0 Å². The summed E-state index contributed by atoms with van der Waals surface area (Å²) in [7, 11) is 3.69. The van der Waals surface area contributed by atoms with Gasteiger partial charge in [-0.2, -0.15) is 5.10 Å². The molecule has 15 heavy (non-hydrogen) atoms. The van der Waals surface area contributed by atoms with Crippen molar-refractivity contribution in [3.05, 3.63) is 29.8 Å². The summed E-state index contributed by atoms with van der Waals surface area (Å²) in [5.41, 5.74) is 4.58. The van der Waals surface area contributed by atoms with Crippen LogP contribution in [0, 0.1) is 0 Å². The highest BCUT2D eigenvalue weighted by atomic mass is 15.4. The van der Waals surface area contributed by atoms with Crippen LogP contribution in [0.2, 0.25) is 0 Å². The highest BCUT2D eigenvalue weighted by molar-refractivity contribution is 5.18. The fraction of sp³-hybridized carbons (Fsp3) is 0.375. The van der Waals surface area contributed by atoms with Crippen molar-refractivity contribution in [2.45, 2.75) is 6.04 Å². The van der Waals surface area contributed by atoms with E-state index in [0.29, 0.717) is 0 Å². The van der Waals surface area contributed by atoms with Crippen LogP contribution in [0.4, 0.5) is 0 Å². The molecule has 2 heterocycles. The van der Waals surface area contributed by atoms with Gasteiger partial charge < -0.3 is 0 Å². The maximum absolute atomic E-state index is 5.53. The molecule has 0 aliphatic heterocycles. The molecular weight excluding hydrogens is 194 g/mol. The summed E-state index contributed by atoms with van der Waals surface area (Å²) in [6.45, 7) is 0. The standard InChI is InChI=1S/C8H13N7/c1-14-6(3-4-11-14)8(12-9)7-5-10-13-15(7)2/h3-5,8,12H,9H2,1-2H3. The SMILES string of the molecule is Cn1nccc1C(NN)c1cnnn1C. The molecule has 1 atom stereocenters. The van der Waals surface area contributed by atoms with E-state index < -0.39 is 0 Å². The summed E-state index contributed by atoms with van der Waals surface area (Å²) in [5, 5.41) is 11.8. The number of nitrogens with two attached hydrogens (primary N) is 1. The lowest BCUT2D eigenvalue weighted by Crippen LogP contribution is -2.31. The van der Waals surface area contributed by atoms with Gasteiger partial charge in [-0.1, -0.05) is 5.21 Å². The Morgan fingerprint density at radius 1 is 1.33 bits per heavy atom. The molecule has 80 valence electrons. The maximum Gasteiger partial charge on any atom is 0.106 e. The van der Waals surface area contributed by atoms with E-state index in [0.717, 1.165) is 11.4 Å². The molecule has 7 heteroatoms. The van der Waals surface area contributed by atoms with Crippen LogP contribution in [0.25, 0.3) is 0 Å². The Morgan fingerprint density at radius 2 is 2.13 bits per heavy atom. The molecule has 0 aromatic carbocycles. The smallest absolute Gasteiger partial charge is 0.106 e. The van der Waals surface area contributed by atoms with Crippen molar-refractivity contribution < 1.29 is 0 Å². The third kappa shape index (κ3) is 1.62. The van der Waals surface area contributed by atoms with Gasteiger partial charge >= 0.3 is 0 Å². The van der Waals surface area contributed by atoms with Gasteiger partial charge in [0.25, 0.3) is 0 Å². The van der Waals surface area contributed by atoms with Gasteiger partial charge in [0.05, 0.1) is 17.6 Å². The van der Waals surface area contributed by atoms with E-state index in [2.05, 4.69) is 20.8 Å². The van der Waals surface area contributed by atoms with Gasteiger partial charge in [0.15, 0.2) is 0 Å². The molecule has 0 spiro atoms. The Bertz CT molecular complexity index is 403. The summed E-state index contributed by atoms with van der Waals surface area (Å²) >= 11 is 0. The zero-order chi connectivity index (χ0) is 10.8. The number of hydrazine groups is 1. The van der Waals surface area contributed by atoms with Gasteiger partial charge in [-0.3, -0.25) is 15.2 Å². The summed E-state index contributed by atoms with van der Waals surface area (Å²) in [6.07, 6.45) is 3.40. The van der Waals surface area contributed by atoms with E-state index >= 15 is 0 Å². The molecule has 0 aliphatic rings. The van der Waals surface area contributed by atoms with Gasteiger partial charge in [-0.05, 0) is 6.07 Å². The quantitative estimate of drug-likeness (QED) is 0.503. The number of aromatic nitrogens is 5. The number of rotatable bonds is 3. The molecular formula is C8H13N7. The molecule has 1 unspecified atom stereocenters. The van der Waals surface area contributed by atoms with Gasteiger partial charge in [-0.15, -0.1) is 5.10 Å². The number of nitrogens with one attached hydrogen (secondary N) is 1. The minimum Gasteiger partial charge on any atom is -0.271 e. The van der Waals surface area contributed by atoms with Crippen LogP contribution in [-0.2, 0) is 14.1 Å². The Balaban J connectivity index is 2.41. The van der Waals surface area contributed by atoms with Gasteiger partial charge in [-0.25, -0.2) is 5.43 Å². The van der Waals surface area contributed by atoms with Crippen molar-refractivity contribution in [3.8, 4) is 0 Å². The Morgan fingerprint density at radius 3 is 2.60 bits per heavy atom. The normalized spacial score (nSPS) is 13.0. The predicted molar refractivity (Wildman–Crippen MR) is 53.4 cm³/mol. The van der Waals surface area contributed by atoms with Gasteiger partial charge in [0.2, 0.25) is 0 Å². The lowest BCUT2D eigenvalue weighted by Gasteiger charge is -2.15. The Kier molecular flexibility index (Phi) is 2.48. The first kappa shape index (κ1) is 9.81. The van der Waals surface area contributed by atoms with Crippen LogP contribution in [0.15, 0.2) is 18.5 Å². The molecule has 2 aromatic heterocycles. The zero-order valence-electron chi connectivity index (χ0n) is 8.62. The number of hydrogen-bond donors (Lipinski definition) is 2. The Labute approximate surface area is 86.8 Å². The monoisotopic (exact) mass is 207 g/mol. The van der Waals surface area contributed by atoms with Crippen molar-refractivity contribution in [2.75, 3.05) is 0 Å². The average molecular weight is 207 g/mol. The lowest BCUT2D eigenvalue weighted by molar-refractivity contribution is 0.533. The molecule has 2 rings (SSSR count).